The maximum atomic E-state index is 12.1. The zero-order valence-corrected chi connectivity index (χ0v) is 15.4. The van der Waals surface area contributed by atoms with E-state index in [1.165, 1.54) is 43.5 Å². The second kappa shape index (κ2) is 11.2. The highest BCUT2D eigenvalue weighted by atomic mass is 32.2. The van der Waals surface area contributed by atoms with E-state index in [4.69, 9.17) is 10.00 Å². The van der Waals surface area contributed by atoms with Crippen LogP contribution in [0.4, 0.5) is 0 Å². The summed E-state index contributed by atoms with van der Waals surface area (Å²) in [5, 5.41) is 8.73. The van der Waals surface area contributed by atoms with Crippen molar-refractivity contribution in [1.82, 2.24) is 4.72 Å². The first-order valence-electron chi connectivity index (χ1n) is 8.61. The van der Waals surface area contributed by atoms with Crippen LogP contribution < -0.4 is 4.72 Å². The standard InChI is InChI=1S/C18H28N2O3S/c1-3-5-7-16(4-2)15-23-13-6-12-20-24(21,22)18-10-8-17(14-19)9-11-18/h8-11,16,20H,3-7,12-13,15H2,1-2H3. The SMILES string of the molecule is CCCCC(CC)COCCCNS(=O)(=O)c1ccc(C#N)cc1. The van der Waals surface area contributed by atoms with Gasteiger partial charge in [-0.05, 0) is 43.0 Å². The highest BCUT2D eigenvalue weighted by Gasteiger charge is 2.13. The van der Waals surface area contributed by atoms with Crippen LogP contribution in [-0.2, 0) is 14.8 Å². The fraction of sp³-hybridized carbons (Fsp3) is 0.611. The number of hydrogen-bond donors (Lipinski definition) is 1. The maximum Gasteiger partial charge on any atom is 0.240 e. The topological polar surface area (TPSA) is 79.2 Å². The third-order valence-electron chi connectivity index (χ3n) is 3.95. The Morgan fingerprint density at radius 2 is 1.92 bits per heavy atom. The summed E-state index contributed by atoms with van der Waals surface area (Å²) in [6.45, 7) is 6.01. The molecular weight excluding hydrogens is 324 g/mol. The minimum absolute atomic E-state index is 0.174. The molecule has 0 saturated carbocycles. The van der Waals surface area contributed by atoms with Crippen LogP contribution in [0.3, 0.4) is 0 Å². The van der Waals surface area contributed by atoms with Gasteiger partial charge in [-0.2, -0.15) is 5.26 Å². The number of nitrogens with zero attached hydrogens (tertiary/aromatic N) is 1. The second-order valence-electron chi connectivity index (χ2n) is 5.88. The van der Waals surface area contributed by atoms with E-state index in [9.17, 15) is 8.42 Å². The first-order valence-corrected chi connectivity index (χ1v) is 10.1. The molecular formula is C18H28N2O3S. The summed E-state index contributed by atoms with van der Waals surface area (Å²) in [5.74, 6) is 0.597. The number of sulfonamides is 1. The van der Waals surface area contributed by atoms with E-state index in [0.717, 1.165) is 13.0 Å². The van der Waals surface area contributed by atoms with Crippen molar-refractivity contribution in [3.63, 3.8) is 0 Å². The minimum Gasteiger partial charge on any atom is -0.381 e. The van der Waals surface area contributed by atoms with E-state index in [1.807, 2.05) is 6.07 Å². The van der Waals surface area contributed by atoms with E-state index in [2.05, 4.69) is 18.6 Å². The largest absolute Gasteiger partial charge is 0.381 e. The van der Waals surface area contributed by atoms with E-state index >= 15 is 0 Å². The van der Waals surface area contributed by atoms with Gasteiger partial charge in [-0.15, -0.1) is 0 Å². The molecule has 0 bridgehead atoms. The predicted octanol–water partition coefficient (Wildman–Crippen LogP) is 3.46. The Hall–Kier alpha value is -1.42. The minimum atomic E-state index is -3.52. The third-order valence-corrected chi connectivity index (χ3v) is 5.43. The molecule has 1 unspecified atom stereocenters. The first-order chi connectivity index (χ1) is 11.5. The molecule has 0 radical (unpaired) electrons. The van der Waals surface area contributed by atoms with Crippen molar-refractivity contribution in [3.05, 3.63) is 29.8 Å². The lowest BCUT2D eigenvalue weighted by atomic mass is 10.0. The molecule has 1 N–H and O–H groups in total. The number of nitrogens with one attached hydrogen (secondary N) is 1. The zero-order chi connectivity index (χ0) is 17.8. The molecule has 1 aromatic carbocycles. The fourth-order valence-electron chi connectivity index (χ4n) is 2.32. The van der Waals surface area contributed by atoms with Crippen LogP contribution in [0.1, 0.15) is 51.5 Å². The average Bonchev–Trinajstić information content (AvgIpc) is 2.60. The van der Waals surface area contributed by atoms with Crippen LogP contribution in [-0.4, -0.2) is 28.2 Å². The van der Waals surface area contributed by atoms with Crippen LogP contribution in [0, 0.1) is 17.2 Å². The molecule has 5 nitrogen and oxygen atoms in total. The lowest BCUT2D eigenvalue weighted by Crippen LogP contribution is -2.25. The van der Waals surface area contributed by atoms with Crippen molar-refractivity contribution in [2.75, 3.05) is 19.8 Å². The van der Waals surface area contributed by atoms with Crippen molar-refractivity contribution in [2.45, 2.75) is 50.8 Å². The molecule has 6 heteroatoms. The molecule has 1 aromatic rings. The van der Waals surface area contributed by atoms with Crippen LogP contribution in [0.5, 0.6) is 0 Å². The summed E-state index contributed by atoms with van der Waals surface area (Å²) in [5.41, 5.74) is 0.441. The van der Waals surface area contributed by atoms with Crippen molar-refractivity contribution in [2.24, 2.45) is 5.92 Å². The molecule has 1 rings (SSSR count). The molecule has 0 aromatic heterocycles. The molecule has 0 amide bonds. The molecule has 0 aliphatic carbocycles. The van der Waals surface area contributed by atoms with E-state index in [1.54, 1.807) is 0 Å². The van der Waals surface area contributed by atoms with Gasteiger partial charge in [-0.25, -0.2) is 13.1 Å². The highest BCUT2D eigenvalue weighted by Crippen LogP contribution is 2.13. The molecule has 134 valence electrons. The lowest BCUT2D eigenvalue weighted by Gasteiger charge is -2.14. The zero-order valence-electron chi connectivity index (χ0n) is 14.6. The van der Waals surface area contributed by atoms with Crippen molar-refractivity contribution < 1.29 is 13.2 Å². The van der Waals surface area contributed by atoms with Gasteiger partial charge in [-0.3, -0.25) is 0 Å². The Kier molecular flexibility index (Phi) is 9.62. The number of nitriles is 1. The van der Waals surface area contributed by atoms with Crippen LogP contribution in [0.2, 0.25) is 0 Å². The third kappa shape index (κ3) is 7.43. The summed E-state index contributed by atoms with van der Waals surface area (Å²) in [7, 11) is -3.52. The summed E-state index contributed by atoms with van der Waals surface area (Å²) in [4.78, 5) is 0.174. The van der Waals surface area contributed by atoms with Crippen LogP contribution >= 0.6 is 0 Å². The number of unbranched alkanes of at least 4 members (excludes halogenated alkanes) is 1. The summed E-state index contributed by atoms with van der Waals surface area (Å²) < 4.78 is 32.4. The Labute approximate surface area is 146 Å². The van der Waals surface area contributed by atoms with Gasteiger partial charge in [0.15, 0.2) is 0 Å². The van der Waals surface area contributed by atoms with Gasteiger partial charge in [0.2, 0.25) is 10.0 Å². The van der Waals surface area contributed by atoms with Crippen molar-refractivity contribution >= 4 is 10.0 Å². The Bertz CT molecular complexity index is 606. The molecule has 0 spiro atoms. The monoisotopic (exact) mass is 352 g/mol. The normalized spacial score (nSPS) is 12.7. The van der Waals surface area contributed by atoms with Gasteiger partial charge in [0, 0.05) is 19.8 Å². The summed E-state index contributed by atoms with van der Waals surface area (Å²) in [6.07, 6.45) is 5.38. The lowest BCUT2D eigenvalue weighted by molar-refractivity contribution is 0.0928. The average molecular weight is 353 g/mol. The van der Waals surface area contributed by atoms with E-state index in [0.29, 0.717) is 31.1 Å². The van der Waals surface area contributed by atoms with E-state index in [-0.39, 0.29) is 4.90 Å². The Morgan fingerprint density at radius 3 is 2.50 bits per heavy atom. The van der Waals surface area contributed by atoms with Gasteiger partial charge < -0.3 is 4.74 Å². The van der Waals surface area contributed by atoms with Gasteiger partial charge in [0.05, 0.1) is 16.5 Å². The van der Waals surface area contributed by atoms with Gasteiger partial charge >= 0.3 is 0 Å². The molecule has 0 aliphatic rings. The van der Waals surface area contributed by atoms with Gasteiger partial charge in [0.25, 0.3) is 0 Å². The summed E-state index contributed by atoms with van der Waals surface area (Å²) >= 11 is 0. The molecule has 0 saturated heterocycles. The maximum absolute atomic E-state index is 12.1. The van der Waals surface area contributed by atoms with Crippen molar-refractivity contribution in [3.8, 4) is 6.07 Å². The first kappa shape index (κ1) is 20.6. The number of rotatable bonds is 12. The van der Waals surface area contributed by atoms with Crippen molar-refractivity contribution in [1.29, 1.82) is 5.26 Å². The smallest absolute Gasteiger partial charge is 0.240 e. The highest BCUT2D eigenvalue weighted by molar-refractivity contribution is 7.89. The number of ether oxygens (including phenoxy) is 1. The fourth-order valence-corrected chi connectivity index (χ4v) is 3.39. The second-order valence-corrected chi connectivity index (χ2v) is 7.65. The van der Waals surface area contributed by atoms with Gasteiger partial charge in [0.1, 0.15) is 0 Å². The predicted molar refractivity (Wildman–Crippen MR) is 95.1 cm³/mol. The molecule has 24 heavy (non-hydrogen) atoms. The van der Waals surface area contributed by atoms with E-state index < -0.39 is 10.0 Å². The number of hydrogen-bond acceptors (Lipinski definition) is 4. The number of benzene rings is 1. The molecule has 0 fully saturated rings. The quantitative estimate of drug-likeness (QED) is 0.584. The molecule has 1 atom stereocenters. The Balaban J connectivity index is 2.27. The summed E-state index contributed by atoms with van der Waals surface area (Å²) in [6, 6.07) is 7.85. The Morgan fingerprint density at radius 1 is 1.21 bits per heavy atom. The van der Waals surface area contributed by atoms with Gasteiger partial charge in [-0.1, -0.05) is 33.1 Å². The molecule has 0 aliphatic heterocycles. The van der Waals surface area contributed by atoms with Crippen LogP contribution in [0.25, 0.3) is 0 Å². The van der Waals surface area contributed by atoms with Crippen LogP contribution in [0.15, 0.2) is 29.2 Å². The molecule has 0 heterocycles.